The van der Waals surface area contributed by atoms with Crippen LogP contribution >= 0.6 is 0 Å². The molecule has 1 fully saturated rings. The molecule has 2 aromatic rings. The molecule has 0 spiro atoms. The van der Waals surface area contributed by atoms with Crippen molar-refractivity contribution in [2.45, 2.75) is 13.0 Å². The quantitative estimate of drug-likeness (QED) is 0.878. The van der Waals surface area contributed by atoms with Crippen molar-refractivity contribution in [2.75, 3.05) is 38.2 Å². The summed E-state index contributed by atoms with van der Waals surface area (Å²) in [6.07, 6.45) is 0. The average molecular weight is 330 g/mol. The van der Waals surface area contributed by atoms with Gasteiger partial charge in [-0.3, -0.25) is 10.2 Å². The third-order valence-corrected chi connectivity index (χ3v) is 3.92. The number of hydrogen-bond donors (Lipinski definition) is 2. The third-order valence-electron chi connectivity index (χ3n) is 3.92. The molecular weight excluding hydrogens is 308 g/mol. The van der Waals surface area contributed by atoms with Gasteiger partial charge >= 0.3 is 6.03 Å². The maximum absolute atomic E-state index is 12.3. The topological polar surface area (TPSA) is 79.6 Å². The Labute approximate surface area is 141 Å². The fourth-order valence-corrected chi connectivity index (χ4v) is 2.70. The molecule has 2 N–H and O–H groups in total. The van der Waals surface area contributed by atoms with Gasteiger partial charge in [0.1, 0.15) is 5.76 Å². The van der Waals surface area contributed by atoms with Gasteiger partial charge in [0.15, 0.2) is 5.82 Å². The average Bonchev–Trinajstić information content (AvgIpc) is 3.01. The summed E-state index contributed by atoms with van der Waals surface area (Å²) in [4.78, 5) is 14.6. The Morgan fingerprint density at radius 1 is 1.29 bits per heavy atom. The summed E-state index contributed by atoms with van der Waals surface area (Å²) in [5.41, 5.74) is 1.07. The molecule has 1 aromatic carbocycles. The van der Waals surface area contributed by atoms with Gasteiger partial charge in [0.2, 0.25) is 0 Å². The molecule has 1 aromatic heterocycles. The molecule has 7 nitrogen and oxygen atoms in total. The summed E-state index contributed by atoms with van der Waals surface area (Å²) >= 11 is 0. The van der Waals surface area contributed by atoms with E-state index in [-0.39, 0.29) is 12.1 Å². The molecule has 0 saturated carbocycles. The van der Waals surface area contributed by atoms with Crippen molar-refractivity contribution in [1.29, 1.82) is 0 Å². The zero-order chi connectivity index (χ0) is 16.8. The first-order chi connectivity index (χ1) is 11.7. The fraction of sp³-hybridized carbons (Fsp3) is 0.412. The van der Waals surface area contributed by atoms with Crippen LogP contribution in [-0.4, -0.2) is 48.9 Å². The molecule has 24 heavy (non-hydrogen) atoms. The zero-order valence-electron chi connectivity index (χ0n) is 13.7. The Morgan fingerprint density at radius 2 is 2.04 bits per heavy atom. The summed E-state index contributed by atoms with van der Waals surface area (Å²) in [5, 5.41) is 9.50. The number of anilines is 1. The number of nitrogens with one attached hydrogen (secondary N) is 2. The lowest BCUT2D eigenvalue weighted by Crippen LogP contribution is -2.44. The van der Waals surface area contributed by atoms with E-state index in [1.807, 2.05) is 30.3 Å². The highest BCUT2D eigenvalue weighted by molar-refractivity contribution is 5.88. The van der Waals surface area contributed by atoms with Gasteiger partial charge in [0.05, 0.1) is 19.3 Å². The number of carbonyl (C=O) groups is 1. The molecule has 3 rings (SSSR count). The van der Waals surface area contributed by atoms with E-state index < -0.39 is 0 Å². The SMILES string of the molecule is Cc1cc(NC(=O)NC(CN2CCOCC2)c2ccccc2)no1. The van der Waals surface area contributed by atoms with Crippen molar-refractivity contribution in [2.24, 2.45) is 0 Å². The summed E-state index contributed by atoms with van der Waals surface area (Å²) in [6.45, 7) is 5.71. The highest BCUT2D eigenvalue weighted by atomic mass is 16.5. The number of carbonyl (C=O) groups excluding carboxylic acids is 1. The first kappa shape index (κ1) is 16.5. The molecule has 1 aliphatic rings. The van der Waals surface area contributed by atoms with E-state index in [1.54, 1.807) is 13.0 Å². The van der Waals surface area contributed by atoms with Crippen molar-refractivity contribution < 1.29 is 14.1 Å². The Bertz CT molecular complexity index is 653. The minimum absolute atomic E-state index is 0.114. The molecule has 0 bridgehead atoms. The number of aryl methyl sites for hydroxylation is 1. The Balaban J connectivity index is 1.65. The summed E-state index contributed by atoms with van der Waals surface area (Å²) in [5.74, 6) is 1.06. The third kappa shape index (κ3) is 4.56. The van der Waals surface area contributed by atoms with Crippen LogP contribution in [0.15, 0.2) is 40.9 Å². The van der Waals surface area contributed by atoms with Crippen LogP contribution in [0.4, 0.5) is 10.6 Å². The standard InChI is InChI=1S/C17H22N4O3/c1-13-11-16(20-24-13)19-17(22)18-15(14-5-3-2-4-6-14)12-21-7-9-23-10-8-21/h2-6,11,15H,7-10,12H2,1H3,(H2,18,19,20,22). The second-order valence-corrected chi connectivity index (χ2v) is 5.80. The lowest BCUT2D eigenvalue weighted by atomic mass is 10.1. The van der Waals surface area contributed by atoms with Crippen molar-refractivity contribution in [1.82, 2.24) is 15.4 Å². The monoisotopic (exact) mass is 330 g/mol. The van der Waals surface area contributed by atoms with Crippen LogP contribution < -0.4 is 10.6 Å². The van der Waals surface area contributed by atoms with Gasteiger partial charge < -0.3 is 14.6 Å². The summed E-state index contributed by atoms with van der Waals surface area (Å²) < 4.78 is 10.4. The van der Waals surface area contributed by atoms with Gasteiger partial charge in [-0.1, -0.05) is 35.5 Å². The number of morpholine rings is 1. The first-order valence-electron chi connectivity index (χ1n) is 8.06. The molecule has 2 amide bonds. The van der Waals surface area contributed by atoms with Crippen molar-refractivity contribution >= 4 is 11.8 Å². The van der Waals surface area contributed by atoms with Gasteiger partial charge in [0, 0.05) is 25.7 Å². The lowest BCUT2D eigenvalue weighted by molar-refractivity contribution is 0.0340. The number of ether oxygens (including phenoxy) is 1. The number of amides is 2. The first-order valence-corrected chi connectivity index (χ1v) is 8.06. The Kier molecular flexibility index (Phi) is 5.45. The summed E-state index contributed by atoms with van der Waals surface area (Å²) in [6, 6.07) is 11.2. The molecular formula is C17H22N4O3. The number of rotatable bonds is 5. The van der Waals surface area contributed by atoms with E-state index >= 15 is 0 Å². The van der Waals surface area contributed by atoms with E-state index in [9.17, 15) is 4.79 Å². The minimum atomic E-state index is -0.301. The minimum Gasteiger partial charge on any atom is -0.379 e. The van der Waals surface area contributed by atoms with Crippen molar-refractivity contribution in [3.8, 4) is 0 Å². The Hall–Kier alpha value is -2.38. The molecule has 1 saturated heterocycles. The van der Waals surface area contributed by atoms with E-state index in [2.05, 4.69) is 20.7 Å². The molecule has 1 atom stereocenters. The predicted molar refractivity (Wildman–Crippen MR) is 89.8 cm³/mol. The molecule has 0 aliphatic carbocycles. The molecule has 2 heterocycles. The van der Waals surface area contributed by atoms with Crippen LogP contribution in [0.1, 0.15) is 17.4 Å². The second kappa shape index (κ2) is 7.94. The van der Waals surface area contributed by atoms with Crippen molar-refractivity contribution in [3.63, 3.8) is 0 Å². The molecule has 7 heteroatoms. The van der Waals surface area contributed by atoms with Crippen LogP contribution in [0, 0.1) is 6.92 Å². The van der Waals surface area contributed by atoms with E-state index in [0.717, 1.165) is 38.4 Å². The van der Waals surface area contributed by atoms with Crippen LogP contribution in [0.25, 0.3) is 0 Å². The highest BCUT2D eigenvalue weighted by Gasteiger charge is 2.20. The highest BCUT2D eigenvalue weighted by Crippen LogP contribution is 2.16. The molecule has 128 valence electrons. The lowest BCUT2D eigenvalue weighted by Gasteiger charge is -2.31. The molecule has 0 radical (unpaired) electrons. The molecule has 1 aliphatic heterocycles. The predicted octanol–water partition coefficient (Wildman–Crippen LogP) is 2.18. The van der Waals surface area contributed by atoms with Crippen LogP contribution in [0.2, 0.25) is 0 Å². The maximum Gasteiger partial charge on any atom is 0.321 e. The van der Waals surface area contributed by atoms with Gasteiger partial charge in [-0.05, 0) is 12.5 Å². The normalized spacial score (nSPS) is 16.5. The van der Waals surface area contributed by atoms with Crippen LogP contribution in [0.3, 0.4) is 0 Å². The number of nitrogens with zero attached hydrogens (tertiary/aromatic N) is 2. The fourth-order valence-electron chi connectivity index (χ4n) is 2.70. The van der Waals surface area contributed by atoms with Gasteiger partial charge in [-0.15, -0.1) is 0 Å². The maximum atomic E-state index is 12.3. The number of benzene rings is 1. The van der Waals surface area contributed by atoms with E-state index in [1.165, 1.54) is 0 Å². The molecule has 1 unspecified atom stereocenters. The largest absolute Gasteiger partial charge is 0.379 e. The van der Waals surface area contributed by atoms with E-state index in [0.29, 0.717) is 11.6 Å². The number of hydrogen-bond acceptors (Lipinski definition) is 5. The Morgan fingerprint density at radius 3 is 2.71 bits per heavy atom. The zero-order valence-corrected chi connectivity index (χ0v) is 13.7. The second-order valence-electron chi connectivity index (χ2n) is 5.80. The van der Waals surface area contributed by atoms with Gasteiger partial charge in [0.25, 0.3) is 0 Å². The van der Waals surface area contributed by atoms with Crippen LogP contribution in [-0.2, 0) is 4.74 Å². The van der Waals surface area contributed by atoms with Crippen molar-refractivity contribution in [3.05, 3.63) is 47.7 Å². The van der Waals surface area contributed by atoms with E-state index in [4.69, 9.17) is 9.26 Å². The van der Waals surface area contributed by atoms with Crippen LogP contribution in [0.5, 0.6) is 0 Å². The summed E-state index contributed by atoms with van der Waals surface area (Å²) in [7, 11) is 0. The smallest absolute Gasteiger partial charge is 0.321 e. The van der Waals surface area contributed by atoms with Gasteiger partial charge in [-0.2, -0.15) is 0 Å². The number of urea groups is 1. The number of aromatic nitrogens is 1. The van der Waals surface area contributed by atoms with Gasteiger partial charge in [-0.25, -0.2) is 4.79 Å².